The highest BCUT2D eigenvalue weighted by atomic mass is 32.1. The van der Waals surface area contributed by atoms with Crippen LogP contribution in [-0.4, -0.2) is 37.2 Å². The summed E-state index contributed by atoms with van der Waals surface area (Å²) in [5.74, 6) is 0. The smallest absolute Gasteiger partial charge is 0.409 e. The number of hydrogen-bond acceptors (Lipinski definition) is 4. The van der Waals surface area contributed by atoms with Gasteiger partial charge in [0.05, 0.1) is 0 Å². The highest BCUT2D eigenvalue weighted by molar-refractivity contribution is 7.78. The summed E-state index contributed by atoms with van der Waals surface area (Å²) in [4.78, 5) is 13.9. The Morgan fingerprint density at radius 2 is 2.10 bits per heavy atom. The standard InChI is InChI=1S/C16H28N2O2S/c1-5-8-13(11-17-21)16(2,3)12-20-15(19)18(4)14-9-6-7-10-14/h5,8,14,17,21H,1,6-7,9-12H2,2-4H3/b13-8+. The summed E-state index contributed by atoms with van der Waals surface area (Å²) in [5.41, 5.74) is 0.847. The lowest BCUT2D eigenvalue weighted by molar-refractivity contribution is 0.0727. The quantitative estimate of drug-likeness (QED) is 0.558. The van der Waals surface area contributed by atoms with E-state index in [4.69, 9.17) is 4.74 Å². The molecule has 4 nitrogen and oxygen atoms in total. The summed E-state index contributed by atoms with van der Waals surface area (Å²) >= 11 is 4.04. The lowest BCUT2D eigenvalue weighted by atomic mass is 9.84. The van der Waals surface area contributed by atoms with Gasteiger partial charge in [-0.05, 0) is 18.4 Å². The van der Waals surface area contributed by atoms with Crippen molar-refractivity contribution in [1.82, 2.24) is 9.62 Å². The minimum Gasteiger partial charge on any atom is -0.448 e. The number of rotatable bonds is 7. The van der Waals surface area contributed by atoms with Gasteiger partial charge in [0.2, 0.25) is 0 Å². The summed E-state index contributed by atoms with van der Waals surface area (Å²) in [6, 6.07) is 0.336. The first kappa shape index (κ1) is 18.1. The van der Waals surface area contributed by atoms with Gasteiger partial charge in [-0.1, -0.05) is 58.2 Å². The lowest BCUT2D eigenvalue weighted by Gasteiger charge is -2.30. The van der Waals surface area contributed by atoms with E-state index in [0.29, 0.717) is 19.2 Å². The summed E-state index contributed by atoms with van der Waals surface area (Å²) < 4.78 is 8.36. The zero-order valence-electron chi connectivity index (χ0n) is 13.4. The van der Waals surface area contributed by atoms with E-state index in [9.17, 15) is 4.79 Å². The van der Waals surface area contributed by atoms with E-state index in [1.165, 1.54) is 12.8 Å². The van der Waals surface area contributed by atoms with E-state index in [2.05, 4.69) is 38.0 Å². The van der Waals surface area contributed by atoms with Crippen LogP contribution in [-0.2, 0) is 4.74 Å². The van der Waals surface area contributed by atoms with Crippen LogP contribution >= 0.6 is 12.8 Å². The minimum atomic E-state index is -0.254. The molecule has 0 aromatic carbocycles. The van der Waals surface area contributed by atoms with Gasteiger partial charge in [0.1, 0.15) is 6.61 Å². The van der Waals surface area contributed by atoms with Crippen LogP contribution < -0.4 is 4.72 Å². The minimum absolute atomic E-state index is 0.230. The van der Waals surface area contributed by atoms with Gasteiger partial charge >= 0.3 is 6.09 Å². The Balaban J connectivity index is 2.56. The molecule has 1 amide bonds. The molecule has 21 heavy (non-hydrogen) atoms. The molecule has 1 aliphatic rings. The average Bonchev–Trinajstić information content (AvgIpc) is 2.98. The van der Waals surface area contributed by atoms with Crippen molar-refractivity contribution in [3.63, 3.8) is 0 Å². The molecule has 0 heterocycles. The van der Waals surface area contributed by atoms with Crippen LogP contribution in [0, 0.1) is 5.41 Å². The normalized spacial score (nSPS) is 16.9. The van der Waals surface area contributed by atoms with Crippen molar-refractivity contribution in [2.75, 3.05) is 20.2 Å². The molecule has 1 saturated carbocycles. The maximum absolute atomic E-state index is 12.1. The van der Waals surface area contributed by atoms with Crippen molar-refractivity contribution >= 4 is 18.9 Å². The third-order valence-electron chi connectivity index (χ3n) is 4.17. The second-order valence-corrected chi connectivity index (χ2v) is 6.57. The molecular formula is C16H28N2O2S. The zero-order valence-corrected chi connectivity index (χ0v) is 14.3. The number of carbonyl (C=O) groups excluding carboxylic acids is 1. The topological polar surface area (TPSA) is 41.6 Å². The predicted octanol–water partition coefficient (Wildman–Crippen LogP) is 3.57. The first-order valence-corrected chi connectivity index (χ1v) is 7.95. The number of hydrogen-bond donors (Lipinski definition) is 2. The Morgan fingerprint density at radius 3 is 2.62 bits per heavy atom. The van der Waals surface area contributed by atoms with Gasteiger partial charge < -0.3 is 9.64 Å². The lowest BCUT2D eigenvalue weighted by Crippen LogP contribution is -2.38. The highest BCUT2D eigenvalue weighted by Crippen LogP contribution is 2.28. The highest BCUT2D eigenvalue weighted by Gasteiger charge is 2.28. The monoisotopic (exact) mass is 312 g/mol. The van der Waals surface area contributed by atoms with E-state index in [1.54, 1.807) is 11.0 Å². The molecule has 0 radical (unpaired) electrons. The fourth-order valence-corrected chi connectivity index (χ4v) is 2.80. The molecular weight excluding hydrogens is 284 g/mol. The van der Waals surface area contributed by atoms with Crippen molar-refractivity contribution < 1.29 is 9.53 Å². The van der Waals surface area contributed by atoms with E-state index in [0.717, 1.165) is 18.4 Å². The number of thiol groups is 1. The molecule has 0 aromatic heterocycles. The second kappa shape index (κ2) is 8.49. The molecule has 0 spiro atoms. The fraction of sp³-hybridized carbons (Fsp3) is 0.688. The molecule has 0 bridgehead atoms. The van der Waals surface area contributed by atoms with Gasteiger partial charge in [-0.25, -0.2) is 4.79 Å². The third kappa shape index (κ3) is 5.40. The molecule has 1 aliphatic carbocycles. The van der Waals surface area contributed by atoms with Gasteiger partial charge in [-0.15, -0.1) is 0 Å². The summed E-state index contributed by atoms with van der Waals surface area (Å²) in [5, 5.41) is 0. The number of nitrogens with zero attached hydrogens (tertiary/aromatic N) is 1. The summed E-state index contributed by atoms with van der Waals surface area (Å²) in [6.07, 6.45) is 8.03. The van der Waals surface area contributed by atoms with Gasteiger partial charge in [0, 0.05) is 25.0 Å². The van der Waals surface area contributed by atoms with Crippen LogP contribution in [0.2, 0.25) is 0 Å². The van der Waals surface area contributed by atoms with E-state index in [-0.39, 0.29) is 11.5 Å². The Morgan fingerprint density at radius 1 is 1.48 bits per heavy atom. The molecule has 0 aromatic rings. The van der Waals surface area contributed by atoms with Crippen LogP contribution in [0.25, 0.3) is 0 Å². The maximum Gasteiger partial charge on any atom is 0.409 e. The fourth-order valence-electron chi connectivity index (χ4n) is 2.63. The largest absolute Gasteiger partial charge is 0.448 e. The van der Waals surface area contributed by atoms with Gasteiger partial charge in [-0.2, -0.15) is 0 Å². The number of nitrogens with one attached hydrogen (secondary N) is 1. The van der Waals surface area contributed by atoms with Crippen molar-refractivity contribution in [2.45, 2.75) is 45.6 Å². The maximum atomic E-state index is 12.1. The van der Waals surface area contributed by atoms with E-state index in [1.807, 2.05) is 13.1 Å². The van der Waals surface area contributed by atoms with Crippen molar-refractivity contribution in [3.8, 4) is 0 Å². The van der Waals surface area contributed by atoms with Crippen LogP contribution in [0.3, 0.4) is 0 Å². The molecule has 0 saturated heterocycles. The number of carbonyl (C=O) groups is 1. The second-order valence-electron chi connectivity index (χ2n) is 6.25. The van der Waals surface area contributed by atoms with Gasteiger partial charge in [0.15, 0.2) is 0 Å². The number of allylic oxidation sites excluding steroid dienone is 2. The van der Waals surface area contributed by atoms with Crippen molar-refractivity contribution in [2.24, 2.45) is 5.41 Å². The van der Waals surface area contributed by atoms with Crippen LogP contribution in [0.5, 0.6) is 0 Å². The Bertz CT molecular complexity index is 388. The third-order valence-corrected chi connectivity index (χ3v) is 4.33. The average molecular weight is 312 g/mol. The first-order valence-electron chi connectivity index (χ1n) is 7.51. The molecule has 0 atom stereocenters. The van der Waals surface area contributed by atoms with Crippen LogP contribution in [0.1, 0.15) is 39.5 Å². The molecule has 120 valence electrons. The molecule has 5 heteroatoms. The Kier molecular flexibility index (Phi) is 7.32. The van der Waals surface area contributed by atoms with Crippen molar-refractivity contribution in [3.05, 3.63) is 24.3 Å². The molecule has 1 fully saturated rings. The SMILES string of the molecule is C=C/C=C(\CNS)C(C)(C)COC(=O)N(C)C1CCCC1. The molecule has 1 N–H and O–H groups in total. The molecule has 0 unspecified atom stereocenters. The van der Waals surface area contributed by atoms with Gasteiger partial charge in [-0.3, -0.25) is 4.72 Å². The van der Waals surface area contributed by atoms with Crippen LogP contribution in [0.4, 0.5) is 4.79 Å². The van der Waals surface area contributed by atoms with Crippen molar-refractivity contribution in [1.29, 1.82) is 0 Å². The summed E-state index contributed by atoms with van der Waals surface area (Å²) in [7, 11) is 1.83. The van der Waals surface area contributed by atoms with Crippen LogP contribution in [0.15, 0.2) is 24.3 Å². The first-order chi connectivity index (χ1) is 9.92. The van der Waals surface area contributed by atoms with E-state index >= 15 is 0 Å². The molecule has 0 aliphatic heterocycles. The summed E-state index contributed by atoms with van der Waals surface area (Å²) in [6.45, 7) is 8.80. The number of amides is 1. The number of ether oxygens (including phenoxy) is 1. The van der Waals surface area contributed by atoms with E-state index < -0.39 is 0 Å². The zero-order chi connectivity index (χ0) is 15.9. The Labute approximate surface area is 134 Å². The Hall–Kier alpha value is -0.940. The predicted molar refractivity (Wildman–Crippen MR) is 90.4 cm³/mol. The van der Waals surface area contributed by atoms with Gasteiger partial charge in [0.25, 0.3) is 0 Å². The molecule has 1 rings (SSSR count).